The highest BCUT2D eigenvalue weighted by Gasteiger charge is 2.33. The predicted molar refractivity (Wildman–Crippen MR) is 77.1 cm³/mol. The summed E-state index contributed by atoms with van der Waals surface area (Å²) in [6, 6.07) is 10.6. The van der Waals surface area contributed by atoms with E-state index in [0.29, 0.717) is 0 Å². The maximum atomic E-state index is 6.62. The van der Waals surface area contributed by atoms with Crippen LogP contribution in [-0.4, -0.2) is 17.1 Å². The molecule has 0 unspecified atom stereocenters. The molecule has 2 nitrogen and oxygen atoms in total. The number of hydrogen-bond donors (Lipinski definition) is 1. The molecule has 0 saturated heterocycles. The van der Waals surface area contributed by atoms with E-state index >= 15 is 0 Å². The van der Waals surface area contributed by atoms with Gasteiger partial charge in [0.05, 0.1) is 5.66 Å². The molecule has 1 fully saturated rings. The molecule has 1 aromatic carbocycles. The van der Waals surface area contributed by atoms with Crippen molar-refractivity contribution in [3.63, 3.8) is 0 Å². The molecule has 1 aromatic rings. The average molecular weight is 244 g/mol. The van der Waals surface area contributed by atoms with Crippen LogP contribution in [0, 0.1) is 0 Å². The average Bonchev–Trinajstić information content (AvgIpc) is 2.40. The second-order valence-electron chi connectivity index (χ2n) is 5.32. The Kier molecular flexibility index (Phi) is 4.56. The molecule has 2 N–H and O–H groups in total. The van der Waals surface area contributed by atoms with Gasteiger partial charge in [0.2, 0.25) is 0 Å². The molecule has 0 bridgehead atoms. The van der Waals surface area contributed by atoms with E-state index in [0.717, 1.165) is 25.9 Å². The lowest BCUT2D eigenvalue weighted by molar-refractivity contribution is 0.0590. The molecule has 0 spiro atoms. The van der Waals surface area contributed by atoms with Crippen LogP contribution in [0.15, 0.2) is 43.0 Å². The Morgan fingerprint density at radius 3 is 2.44 bits per heavy atom. The number of benzene rings is 1. The highest BCUT2D eigenvalue weighted by atomic mass is 15.3. The summed E-state index contributed by atoms with van der Waals surface area (Å²) in [6.07, 6.45) is 8.00. The Bertz CT molecular complexity index is 366. The molecule has 0 heterocycles. The third kappa shape index (κ3) is 3.21. The number of hydrogen-bond acceptors (Lipinski definition) is 2. The SMILES string of the molecule is C=CCN(Cc1ccccc1)C1(N)CCCCC1. The summed E-state index contributed by atoms with van der Waals surface area (Å²) in [5.41, 5.74) is 7.81. The minimum atomic E-state index is -0.137. The van der Waals surface area contributed by atoms with Crippen molar-refractivity contribution in [2.75, 3.05) is 6.54 Å². The van der Waals surface area contributed by atoms with Gasteiger partial charge >= 0.3 is 0 Å². The van der Waals surface area contributed by atoms with Crippen molar-refractivity contribution >= 4 is 0 Å². The molecule has 1 aliphatic carbocycles. The first-order valence-corrected chi connectivity index (χ1v) is 6.93. The molecule has 0 atom stereocenters. The summed E-state index contributed by atoms with van der Waals surface area (Å²) in [5, 5.41) is 0. The molecule has 1 aliphatic rings. The summed E-state index contributed by atoms with van der Waals surface area (Å²) in [7, 11) is 0. The minimum absolute atomic E-state index is 0.137. The van der Waals surface area contributed by atoms with Crippen molar-refractivity contribution < 1.29 is 0 Å². The highest BCUT2D eigenvalue weighted by molar-refractivity contribution is 5.15. The third-order valence-electron chi connectivity index (χ3n) is 3.91. The highest BCUT2D eigenvalue weighted by Crippen LogP contribution is 2.30. The molecular formula is C16H24N2. The Labute approximate surface area is 110 Å². The Hall–Kier alpha value is -1.12. The first kappa shape index (κ1) is 13.3. The van der Waals surface area contributed by atoms with Crippen LogP contribution in [-0.2, 0) is 6.54 Å². The van der Waals surface area contributed by atoms with Gasteiger partial charge in [0.1, 0.15) is 0 Å². The quantitative estimate of drug-likeness (QED) is 0.636. The van der Waals surface area contributed by atoms with E-state index in [2.05, 4.69) is 41.8 Å². The van der Waals surface area contributed by atoms with Crippen molar-refractivity contribution in [3.8, 4) is 0 Å². The van der Waals surface area contributed by atoms with Crippen molar-refractivity contribution in [2.45, 2.75) is 44.3 Å². The van der Waals surface area contributed by atoms with E-state index in [-0.39, 0.29) is 5.66 Å². The fraction of sp³-hybridized carbons (Fsp3) is 0.500. The lowest BCUT2D eigenvalue weighted by atomic mass is 9.88. The zero-order chi connectivity index (χ0) is 12.8. The maximum absolute atomic E-state index is 6.62. The molecule has 1 saturated carbocycles. The number of nitrogens with two attached hydrogens (primary N) is 1. The smallest absolute Gasteiger partial charge is 0.0692 e. The van der Waals surface area contributed by atoms with E-state index in [4.69, 9.17) is 5.73 Å². The van der Waals surface area contributed by atoms with Crippen molar-refractivity contribution in [3.05, 3.63) is 48.6 Å². The van der Waals surface area contributed by atoms with Gasteiger partial charge in [-0.1, -0.05) is 55.7 Å². The summed E-state index contributed by atoms with van der Waals surface area (Å²) < 4.78 is 0. The predicted octanol–water partition coefficient (Wildman–Crippen LogP) is 3.29. The van der Waals surface area contributed by atoms with E-state index in [1.54, 1.807) is 0 Å². The van der Waals surface area contributed by atoms with Gasteiger partial charge in [-0.2, -0.15) is 0 Å². The van der Waals surface area contributed by atoms with Gasteiger partial charge in [-0.05, 0) is 18.4 Å². The van der Waals surface area contributed by atoms with Crippen LogP contribution < -0.4 is 5.73 Å². The zero-order valence-corrected chi connectivity index (χ0v) is 11.1. The van der Waals surface area contributed by atoms with Crippen LogP contribution in [0.1, 0.15) is 37.7 Å². The van der Waals surface area contributed by atoms with Crippen LogP contribution in [0.2, 0.25) is 0 Å². The van der Waals surface area contributed by atoms with Crippen LogP contribution in [0.4, 0.5) is 0 Å². The van der Waals surface area contributed by atoms with Gasteiger partial charge in [0.15, 0.2) is 0 Å². The lowest BCUT2D eigenvalue weighted by Gasteiger charge is -2.43. The van der Waals surface area contributed by atoms with Gasteiger partial charge in [0.25, 0.3) is 0 Å². The minimum Gasteiger partial charge on any atom is -0.313 e. The van der Waals surface area contributed by atoms with E-state index in [1.165, 1.54) is 24.8 Å². The summed E-state index contributed by atoms with van der Waals surface area (Å²) in [5.74, 6) is 0. The second-order valence-corrected chi connectivity index (χ2v) is 5.32. The molecule has 0 radical (unpaired) electrons. The molecular weight excluding hydrogens is 220 g/mol. The molecule has 18 heavy (non-hydrogen) atoms. The molecule has 0 aliphatic heterocycles. The van der Waals surface area contributed by atoms with Gasteiger partial charge < -0.3 is 5.73 Å². The van der Waals surface area contributed by atoms with Gasteiger partial charge in [-0.3, -0.25) is 4.90 Å². The van der Waals surface area contributed by atoms with E-state index in [1.807, 2.05) is 6.08 Å². The standard InChI is InChI=1S/C16H24N2/c1-2-13-18(14-15-9-5-3-6-10-15)16(17)11-7-4-8-12-16/h2-3,5-6,9-10H,1,4,7-8,11-14,17H2. The molecule has 2 heteroatoms. The number of rotatable bonds is 5. The fourth-order valence-corrected chi connectivity index (χ4v) is 2.84. The first-order valence-electron chi connectivity index (χ1n) is 6.93. The third-order valence-corrected chi connectivity index (χ3v) is 3.91. The Morgan fingerprint density at radius 1 is 1.17 bits per heavy atom. The summed E-state index contributed by atoms with van der Waals surface area (Å²) in [6.45, 7) is 5.66. The van der Waals surface area contributed by atoms with Crippen molar-refractivity contribution in [1.82, 2.24) is 4.90 Å². The normalized spacial score (nSPS) is 18.8. The topological polar surface area (TPSA) is 29.3 Å². The van der Waals surface area contributed by atoms with Crippen LogP contribution in [0.5, 0.6) is 0 Å². The zero-order valence-electron chi connectivity index (χ0n) is 11.1. The van der Waals surface area contributed by atoms with Gasteiger partial charge in [-0.15, -0.1) is 6.58 Å². The van der Waals surface area contributed by atoms with E-state index in [9.17, 15) is 0 Å². The van der Waals surface area contributed by atoms with Crippen LogP contribution in [0.3, 0.4) is 0 Å². The maximum Gasteiger partial charge on any atom is 0.0692 e. The number of nitrogens with zero attached hydrogens (tertiary/aromatic N) is 1. The van der Waals surface area contributed by atoms with E-state index < -0.39 is 0 Å². The monoisotopic (exact) mass is 244 g/mol. The van der Waals surface area contributed by atoms with Crippen molar-refractivity contribution in [1.29, 1.82) is 0 Å². The first-order chi connectivity index (χ1) is 8.74. The molecule has 98 valence electrons. The molecule has 2 rings (SSSR count). The lowest BCUT2D eigenvalue weighted by Crippen LogP contribution is -2.56. The summed E-state index contributed by atoms with van der Waals surface area (Å²) in [4.78, 5) is 2.38. The van der Waals surface area contributed by atoms with Crippen molar-refractivity contribution in [2.24, 2.45) is 5.73 Å². The Morgan fingerprint density at radius 2 is 1.83 bits per heavy atom. The van der Waals surface area contributed by atoms with Gasteiger partial charge in [0, 0.05) is 13.1 Å². The summed E-state index contributed by atoms with van der Waals surface area (Å²) >= 11 is 0. The second kappa shape index (κ2) is 6.17. The Balaban J connectivity index is 2.09. The molecule has 0 aromatic heterocycles. The van der Waals surface area contributed by atoms with Crippen LogP contribution >= 0.6 is 0 Å². The van der Waals surface area contributed by atoms with Gasteiger partial charge in [-0.25, -0.2) is 0 Å². The molecule has 0 amide bonds. The van der Waals surface area contributed by atoms with Crippen LogP contribution in [0.25, 0.3) is 0 Å². The largest absolute Gasteiger partial charge is 0.313 e. The fourth-order valence-electron chi connectivity index (χ4n) is 2.84.